The van der Waals surface area contributed by atoms with Gasteiger partial charge < -0.3 is 10.2 Å². The third-order valence-electron chi connectivity index (χ3n) is 4.30. The predicted octanol–water partition coefficient (Wildman–Crippen LogP) is 3.53. The summed E-state index contributed by atoms with van der Waals surface area (Å²) in [6, 6.07) is 20.3. The molecule has 3 heteroatoms. The SMILES string of the molecule is C[C@H](NC(=O)[C@@H]1CCCN1c1ccccc1)c1ccccc1. The van der Waals surface area contributed by atoms with E-state index in [9.17, 15) is 4.79 Å². The first-order valence-electron chi connectivity index (χ1n) is 7.93. The zero-order valence-electron chi connectivity index (χ0n) is 12.9. The summed E-state index contributed by atoms with van der Waals surface area (Å²) in [6.45, 7) is 2.98. The van der Waals surface area contributed by atoms with Gasteiger partial charge >= 0.3 is 0 Å². The van der Waals surface area contributed by atoms with Crippen LogP contribution in [0.2, 0.25) is 0 Å². The van der Waals surface area contributed by atoms with Crippen molar-refractivity contribution in [1.82, 2.24) is 5.32 Å². The molecule has 1 heterocycles. The van der Waals surface area contributed by atoms with Crippen LogP contribution in [0, 0.1) is 0 Å². The minimum atomic E-state index is -0.0615. The van der Waals surface area contributed by atoms with Gasteiger partial charge in [-0.3, -0.25) is 4.79 Å². The van der Waals surface area contributed by atoms with Gasteiger partial charge in [-0.2, -0.15) is 0 Å². The first-order chi connectivity index (χ1) is 10.8. The van der Waals surface area contributed by atoms with Crippen molar-refractivity contribution in [2.45, 2.75) is 31.8 Å². The van der Waals surface area contributed by atoms with Crippen molar-refractivity contribution >= 4 is 11.6 Å². The van der Waals surface area contributed by atoms with Crippen LogP contribution in [-0.4, -0.2) is 18.5 Å². The van der Waals surface area contributed by atoms with Crippen molar-refractivity contribution in [1.29, 1.82) is 0 Å². The number of carbonyl (C=O) groups is 1. The molecule has 0 radical (unpaired) electrons. The Morgan fingerprint density at radius 2 is 1.73 bits per heavy atom. The normalized spacial score (nSPS) is 19.0. The summed E-state index contributed by atoms with van der Waals surface area (Å²) >= 11 is 0. The fourth-order valence-corrected chi connectivity index (χ4v) is 3.10. The Labute approximate surface area is 132 Å². The fourth-order valence-electron chi connectivity index (χ4n) is 3.10. The monoisotopic (exact) mass is 294 g/mol. The molecule has 0 bridgehead atoms. The second-order valence-corrected chi connectivity index (χ2v) is 5.83. The van der Waals surface area contributed by atoms with Gasteiger partial charge in [0, 0.05) is 12.2 Å². The van der Waals surface area contributed by atoms with E-state index in [2.05, 4.69) is 34.5 Å². The van der Waals surface area contributed by atoms with Crippen LogP contribution in [0.3, 0.4) is 0 Å². The molecule has 0 aromatic heterocycles. The Morgan fingerprint density at radius 3 is 2.41 bits per heavy atom. The van der Waals surface area contributed by atoms with E-state index in [0.717, 1.165) is 30.6 Å². The summed E-state index contributed by atoms with van der Waals surface area (Å²) in [5.41, 5.74) is 2.27. The van der Waals surface area contributed by atoms with E-state index < -0.39 is 0 Å². The Kier molecular flexibility index (Phi) is 4.42. The molecule has 2 aromatic rings. The molecule has 2 aromatic carbocycles. The molecule has 3 rings (SSSR count). The minimum absolute atomic E-state index is 0.0342. The number of hydrogen-bond acceptors (Lipinski definition) is 2. The number of benzene rings is 2. The Balaban J connectivity index is 1.69. The van der Waals surface area contributed by atoms with Crippen LogP contribution in [-0.2, 0) is 4.79 Å². The van der Waals surface area contributed by atoms with E-state index in [-0.39, 0.29) is 18.0 Å². The fraction of sp³-hybridized carbons (Fsp3) is 0.316. The quantitative estimate of drug-likeness (QED) is 0.935. The molecule has 1 amide bonds. The van der Waals surface area contributed by atoms with Gasteiger partial charge in [0.1, 0.15) is 6.04 Å². The lowest BCUT2D eigenvalue weighted by Gasteiger charge is -2.27. The smallest absolute Gasteiger partial charge is 0.243 e. The standard InChI is InChI=1S/C19H22N2O/c1-15(16-9-4-2-5-10-16)20-19(22)18-13-8-14-21(18)17-11-6-3-7-12-17/h2-7,9-12,15,18H,8,13-14H2,1H3,(H,20,22)/t15-,18-/m0/s1. The van der Waals surface area contributed by atoms with Crippen molar-refractivity contribution in [2.24, 2.45) is 0 Å². The average Bonchev–Trinajstić information content (AvgIpc) is 3.06. The zero-order chi connectivity index (χ0) is 15.4. The zero-order valence-corrected chi connectivity index (χ0v) is 12.9. The Bertz CT molecular complexity index is 612. The second-order valence-electron chi connectivity index (χ2n) is 5.83. The maximum absolute atomic E-state index is 12.7. The molecule has 1 saturated heterocycles. The van der Waals surface area contributed by atoms with E-state index in [0.29, 0.717) is 0 Å². The lowest BCUT2D eigenvalue weighted by Crippen LogP contribution is -2.44. The number of rotatable bonds is 4. The molecule has 0 spiro atoms. The molecule has 0 saturated carbocycles. The van der Waals surface area contributed by atoms with Crippen LogP contribution in [0.5, 0.6) is 0 Å². The molecule has 3 nitrogen and oxygen atoms in total. The van der Waals surface area contributed by atoms with Crippen molar-refractivity contribution < 1.29 is 4.79 Å². The van der Waals surface area contributed by atoms with Gasteiger partial charge in [0.05, 0.1) is 6.04 Å². The predicted molar refractivity (Wildman–Crippen MR) is 89.8 cm³/mol. The highest BCUT2D eigenvalue weighted by molar-refractivity contribution is 5.86. The molecular weight excluding hydrogens is 272 g/mol. The minimum Gasteiger partial charge on any atom is -0.360 e. The van der Waals surface area contributed by atoms with Crippen LogP contribution in [0.4, 0.5) is 5.69 Å². The first kappa shape index (κ1) is 14.6. The van der Waals surface area contributed by atoms with Crippen molar-refractivity contribution in [3.8, 4) is 0 Å². The average molecular weight is 294 g/mol. The Hall–Kier alpha value is -2.29. The molecule has 0 unspecified atom stereocenters. The van der Waals surface area contributed by atoms with Crippen LogP contribution < -0.4 is 10.2 Å². The van der Waals surface area contributed by atoms with Gasteiger partial charge in [0.25, 0.3) is 0 Å². The van der Waals surface area contributed by atoms with Crippen LogP contribution >= 0.6 is 0 Å². The molecular formula is C19H22N2O. The number of anilines is 1. The number of amides is 1. The van der Waals surface area contributed by atoms with E-state index in [1.807, 2.05) is 43.3 Å². The molecule has 0 aliphatic carbocycles. The van der Waals surface area contributed by atoms with E-state index in [1.165, 1.54) is 0 Å². The maximum Gasteiger partial charge on any atom is 0.243 e. The largest absolute Gasteiger partial charge is 0.360 e. The van der Waals surface area contributed by atoms with Crippen molar-refractivity contribution in [2.75, 3.05) is 11.4 Å². The lowest BCUT2D eigenvalue weighted by molar-refractivity contribution is -0.122. The van der Waals surface area contributed by atoms with E-state index in [4.69, 9.17) is 0 Å². The topological polar surface area (TPSA) is 32.3 Å². The highest BCUT2D eigenvalue weighted by Crippen LogP contribution is 2.26. The third-order valence-corrected chi connectivity index (χ3v) is 4.30. The van der Waals surface area contributed by atoms with Gasteiger partial charge in [-0.25, -0.2) is 0 Å². The number of carbonyl (C=O) groups excluding carboxylic acids is 1. The summed E-state index contributed by atoms with van der Waals surface area (Å²) in [4.78, 5) is 14.9. The molecule has 1 N–H and O–H groups in total. The maximum atomic E-state index is 12.7. The number of nitrogens with zero attached hydrogens (tertiary/aromatic N) is 1. The van der Waals surface area contributed by atoms with Crippen LogP contribution in [0.1, 0.15) is 31.4 Å². The highest BCUT2D eigenvalue weighted by Gasteiger charge is 2.31. The van der Waals surface area contributed by atoms with E-state index in [1.54, 1.807) is 0 Å². The summed E-state index contributed by atoms with van der Waals surface area (Å²) in [5.74, 6) is 0.123. The first-order valence-corrected chi connectivity index (χ1v) is 7.93. The number of para-hydroxylation sites is 1. The van der Waals surface area contributed by atoms with Gasteiger partial charge in [0.15, 0.2) is 0 Å². The van der Waals surface area contributed by atoms with Gasteiger partial charge in [0.2, 0.25) is 5.91 Å². The Morgan fingerprint density at radius 1 is 1.09 bits per heavy atom. The summed E-state index contributed by atoms with van der Waals surface area (Å²) in [7, 11) is 0. The van der Waals surface area contributed by atoms with Gasteiger partial charge in [-0.05, 0) is 37.5 Å². The van der Waals surface area contributed by atoms with E-state index >= 15 is 0 Å². The number of hydrogen-bond donors (Lipinski definition) is 1. The molecule has 22 heavy (non-hydrogen) atoms. The van der Waals surface area contributed by atoms with Crippen LogP contribution in [0.15, 0.2) is 60.7 Å². The lowest BCUT2D eigenvalue weighted by atomic mass is 10.1. The van der Waals surface area contributed by atoms with Gasteiger partial charge in [-0.1, -0.05) is 48.5 Å². The second kappa shape index (κ2) is 6.65. The molecule has 1 aliphatic heterocycles. The number of nitrogens with one attached hydrogen (secondary N) is 1. The summed E-state index contributed by atoms with van der Waals surface area (Å²) < 4.78 is 0. The molecule has 114 valence electrons. The molecule has 2 atom stereocenters. The highest BCUT2D eigenvalue weighted by atomic mass is 16.2. The summed E-state index contributed by atoms with van der Waals surface area (Å²) in [5, 5.41) is 3.16. The summed E-state index contributed by atoms with van der Waals surface area (Å²) in [6.07, 6.45) is 1.98. The van der Waals surface area contributed by atoms with Gasteiger partial charge in [-0.15, -0.1) is 0 Å². The van der Waals surface area contributed by atoms with Crippen molar-refractivity contribution in [3.63, 3.8) is 0 Å². The van der Waals surface area contributed by atoms with Crippen LogP contribution in [0.25, 0.3) is 0 Å². The molecule has 1 aliphatic rings. The van der Waals surface area contributed by atoms with Crippen molar-refractivity contribution in [3.05, 3.63) is 66.2 Å². The molecule has 1 fully saturated rings. The third kappa shape index (κ3) is 3.14.